The van der Waals surface area contributed by atoms with E-state index in [4.69, 9.17) is 23.2 Å². The lowest BCUT2D eigenvalue weighted by molar-refractivity contribution is 1.65. The number of hydrogen-bond donors (Lipinski definition) is 0. The van der Waals surface area contributed by atoms with Gasteiger partial charge in [0.15, 0.2) is 0 Å². The van der Waals surface area contributed by atoms with Gasteiger partial charge in [-0.25, -0.2) is 0 Å². The summed E-state index contributed by atoms with van der Waals surface area (Å²) < 4.78 is 0. The van der Waals surface area contributed by atoms with Crippen LogP contribution >= 0.6 is 44.8 Å². The molecule has 0 unspecified atom stereocenters. The van der Waals surface area contributed by atoms with E-state index in [0.717, 1.165) is 21.6 Å². The summed E-state index contributed by atoms with van der Waals surface area (Å²) in [4.78, 5) is 0. The van der Waals surface area contributed by atoms with Crippen molar-refractivity contribution in [3.05, 3.63) is 81.9 Å². The van der Waals surface area contributed by atoms with Gasteiger partial charge in [0, 0.05) is 21.6 Å². The highest BCUT2D eigenvalue weighted by molar-refractivity contribution is 8.76. The fourth-order valence-electron chi connectivity index (χ4n) is 1.69. The van der Waals surface area contributed by atoms with E-state index >= 15 is 0 Å². The Kier molecular flexibility index (Phi) is 8.03. The predicted octanol–water partition coefficient (Wildman–Crippen LogP) is 7.10. The molecule has 0 aliphatic rings. The Morgan fingerprint density at radius 2 is 1.00 bits per heavy atom. The SMILES string of the molecule is Clc1ccc(/C=C/CSSC/C=C/c2ccc(Cl)cc2)cc1. The van der Waals surface area contributed by atoms with Crippen LogP contribution in [0.4, 0.5) is 0 Å². The quantitative estimate of drug-likeness (QED) is 0.378. The van der Waals surface area contributed by atoms with Crippen LogP contribution in [0.1, 0.15) is 11.1 Å². The van der Waals surface area contributed by atoms with Gasteiger partial charge in [0.05, 0.1) is 0 Å². The van der Waals surface area contributed by atoms with Crippen molar-refractivity contribution < 1.29 is 0 Å². The van der Waals surface area contributed by atoms with E-state index in [1.54, 1.807) is 0 Å². The van der Waals surface area contributed by atoms with Crippen molar-refractivity contribution in [2.45, 2.75) is 0 Å². The first-order valence-corrected chi connectivity index (χ1v) is 10.1. The van der Waals surface area contributed by atoms with Gasteiger partial charge in [0.1, 0.15) is 0 Å². The molecule has 0 N–H and O–H groups in total. The van der Waals surface area contributed by atoms with E-state index in [1.165, 1.54) is 11.1 Å². The number of benzene rings is 2. The van der Waals surface area contributed by atoms with Crippen LogP contribution in [0.3, 0.4) is 0 Å². The summed E-state index contributed by atoms with van der Waals surface area (Å²) in [5.41, 5.74) is 2.36. The molecule has 0 nitrogen and oxygen atoms in total. The van der Waals surface area contributed by atoms with Crippen LogP contribution in [0.15, 0.2) is 60.7 Å². The predicted molar refractivity (Wildman–Crippen MR) is 106 cm³/mol. The average Bonchev–Trinajstić information content (AvgIpc) is 2.53. The van der Waals surface area contributed by atoms with Crippen molar-refractivity contribution in [1.82, 2.24) is 0 Å². The smallest absolute Gasteiger partial charge is 0.0406 e. The number of rotatable bonds is 7. The van der Waals surface area contributed by atoms with Crippen LogP contribution in [0.2, 0.25) is 10.0 Å². The van der Waals surface area contributed by atoms with E-state index in [9.17, 15) is 0 Å². The molecule has 0 fully saturated rings. The average molecular weight is 367 g/mol. The van der Waals surface area contributed by atoms with E-state index in [-0.39, 0.29) is 0 Å². The highest BCUT2D eigenvalue weighted by atomic mass is 35.5. The Balaban J connectivity index is 1.61. The Bertz CT molecular complexity index is 559. The van der Waals surface area contributed by atoms with E-state index in [2.05, 4.69) is 24.3 Å². The Hall–Kier alpha value is -0.800. The molecule has 0 aliphatic heterocycles. The van der Waals surface area contributed by atoms with Gasteiger partial charge in [-0.1, -0.05) is 93.4 Å². The molecule has 0 heterocycles. The molecule has 2 rings (SSSR count). The van der Waals surface area contributed by atoms with Crippen LogP contribution in [0.5, 0.6) is 0 Å². The molecule has 22 heavy (non-hydrogen) atoms. The third-order valence-electron chi connectivity index (χ3n) is 2.77. The molecule has 0 amide bonds. The summed E-state index contributed by atoms with van der Waals surface area (Å²) >= 11 is 11.7. The monoisotopic (exact) mass is 366 g/mol. The van der Waals surface area contributed by atoms with Crippen molar-refractivity contribution in [1.29, 1.82) is 0 Å². The largest absolute Gasteiger partial charge is 0.0897 e. The lowest BCUT2D eigenvalue weighted by Crippen LogP contribution is -1.73. The van der Waals surface area contributed by atoms with E-state index in [1.807, 2.05) is 70.1 Å². The second-order valence-electron chi connectivity index (χ2n) is 4.48. The fourth-order valence-corrected chi connectivity index (χ4v) is 3.53. The third kappa shape index (κ3) is 6.97. The summed E-state index contributed by atoms with van der Waals surface area (Å²) in [7, 11) is 3.69. The second-order valence-corrected chi connectivity index (χ2v) is 7.90. The minimum Gasteiger partial charge on any atom is -0.0897 e. The number of halogens is 2. The number of hydrogen-bond acceptors (Lipinski definition) is 2. The standard InChI is InChI=1S/C18H16Cl2S2/c19-17-9-5-15(6-10-17)3-1-13-21-22-14-2-4-16-7-11-18(20)12-8-16/h1-12H,13-14H2/b3-1+,4-2+. The van der Waals surface area contributed by atoms with Crippen LogP contribution in [0, 0.1) is 0 Å². The first-order valence-electron chi connectivity index (χ1n) is 6.83. The van der Waals surface area contributed by atoms with Crippen molar-refractivity contribution in [2.24, 2.45) is 0 Å². The van der Waals surface area contributed by atoms with Crippen LogP contribution in [0.25, 0.3) is 12.2 Å². The maximum atomic E-state index is 5.85. The molecule has 0 aliphatic carbocycles. The third-order valence-corrected chi connectivity index (χ3v) is 5.42. The molecule has 114 valence electrons. The first kappa shape index (κ1) is 17.6. The molecular weight excluding hydrogens is 351 g/mol. The normalized spacial score (nSPS) is 11.5. The fraction of sp³-hybridized carbons (Fsp3) is 0.111. The lowest BCUT2D eigenvalue weighted by atomic mass is 10.2. The summed E-state index contributed by atoms with van der Waals surface area (Å²) in [6.45, 7) is 0. The molecule has 0 bridgehead atoms. The van der Waals surface area contributed by atoms with Gasteiger partial charge in [-0.05, 0) is 35.4 Å². The molecule has 2 aromatic rings. The molecule has 0 radical (unpaired) electrons. The molecule has 0 saturated heterocycles. The van der Waals surface area contributed by atoms with Gasteiger partial charge in [0.25, 0.3) is 0 Å². The molecule has 0 spiro atoms. The van der Waals surface area contributed by atoms with Gasteiger partial charge >= 0.3 is 0 Å². The Morgan fingerprint density at radius 3 is 1.36 bits per heavy atom. The summed E-state index contributed by atoms with van der Waals surface area (Å²) in [5, 5.41) is 1.55. The van der Waals surface area contributed by atoms with E-state index in [0.29, 0.717) is 0 Å². The Morgan fingerprint density at radius 1 is 0.636 bits per heavy atom. The first-order chi connectivity index (χ1) is 10.7. The molecule has 0 aromatic heterocycles. The summed E-state index contributed by atoms with van der Waals surface area (Å²) in [6, 6.07) is 15.7. The van der Waals surface area contributed by atoms with Crippen molar-refractivity contribution >= 4 is 56.9 Å². The molecule has 4 heteroatoms. The van der Waals surface area contributed by atoms with Crippen LogP contribution in [-0.4, -0.2) is 11.5 Å². The minimum atomic E-state index is 0.773. The molecular formula is C18H16Cl2S2. The summed E-state index contributed by atoms with van der Waals surface area (Å²) in [6.07, 6.45) is 8.58. The molecule has 2 aromatic carbocycles. The zero-order valence-electron chi connectivity index (χ0n) is 11.9. The Labute approximate surface area is 150 Å². The molecule has 0 atom stereocenters. The minimum absolute atomic E-state index is 0.773. The van der Waals surface area contributed by atoms with Gasteiger partial charge < -0.3 is 0 Å². The molecule has 0 saturated carbocycles. The highest BCUT2D eigenvalue weighted by Crippen LogP contribution is 2.22. The van der Waals surface area contributed by atoms with E-state index < -0.39 is 0 Å². The van der Waals surface area contributed by atoms with Gasteiger partial charge in [-0.15, -0.1) is 0 Å². The van der Waals surface area contributed by atoms with Gasteiger partial charge in [-0.3, -0.25) is 0 Å². The zero-order valence-corrected chi connectivity index (χ0v) is 15.1. The highest BCUT2D eigenvalue weighted by Gasteiger charge is 1.90. The van der Waals surface area contributed by atoms with Gasteiger partial charge in [-0.2, -0.15) is 0 Å². The lowest BCUT2D eigenvalue weighted by Gasteiger charge is -1.96. The maximum Gasteiger partial charge on any atom is 0.0406 e. The topological polar surface area (TPSA) is 0 Å². The van der Waals surface area contributed by atoms with Crippen LogP contribution < -0.4 is 0 Å². The second kappa shape index (κ2) is 10.1. The van der Waals surface area contributed by atoms with Crippen molar-refractivity contribution in [3.8, 4) is 0 Å². The zero-order chi connectivity index (χ0) is 15.6. The van der Waals surface area contributed by atoms with Crippen molar-refractivity contribution in [2.75, 3.05) is 11.5 Å². The van der Waals surface area contributed by atoms with Crippen LogP contribution in [-0.2, 0) is 0 Å². The van der Waals surface area contributed by atoms with Crippen molar-refractivity contribution in [3.63, 3.8) is 0 Å². The van der Waals surface area contributed by atoms with Gasteiger partial charge in [0.2, 0.25) is 0 Å². The summed E-state index contributed by atoms with van der Waals surface area (Å²) in [5.74, 6) is 1.98. The maximum absolute atomic E-state index is 5.85.